The first-order valence-electron chi connectivity index (χ1n) is 8.67. The van der Waals surface area contributed by atoms with Gasteiger partial charge in [-0.05, 0) is 54.1 Å². The fourth-order valence-electron chi connectivity index (χ4n) is 2.53. The van der Waals surface area contributed by atoms with Gasteiger partial charge in [0.05, 0.1) is 0 Å². The van der Waals surface area contributed by atoms with Crippen molar-refractivity contribution < 1.29 is 9.59 Å². The second-order valence-electron chi connectivity index (χ2n) is 6.13. The Hall–Kier alpha value is -3.60. The molecule has 3 aromatic rings. The minimum Gasteiger partial charge on any atom is -0.356 e. The van der Waals surface area contributed by atoms with Crippen LogP contribution >= 0.6 is 0 Å². The first kappa shape index (κ1) is 18.2. The lowest BCUT2D eigenvalue weighted by Gasteiger charge is -2.09. The third kappa shape index (κ3) is 5.44. The number of amides is 2. The van der Waals surface area contributed by atoms with Gasteiger partial charge in [0.1, 0.15) is 0 Å². The van der Waals surface area contributed by atoms with Crippen LogP contribution in [-0.4, -0.2) is 11.8 Å². The van der Waals surface area contributed by atoms with Crippen LogP contribution in [0, 0.1) is 0 Å². The van der Waals surface area contributed by atoms with E-state index in [0.29, 0.717) is 12.1 Å². The molecule has 0 radical (unpaired) electrons. The van der Waals surface area contributed by atoms with E-state index in [9.17, 15) is 9.59 Å². The summed E-state index contributed by atoms with van der Waals surface area (Å²) >= 11 is 0. The van der Waals surface area contributed by atoms with E-state index in [-0.39, 0.29) is 11.8 Å². The van der Waals surface area contributed by atoms with Gasteiger partial charge in [0.2, 0.25) is 5.91 Å². The van der Waals surface area contributed by atoms with E-state index >= 15 is 0 Å². The summed E-state index contributed by atoms with van der Waals surface area (Å²) in [6.45, 7) is 1.93. The highest BCUT2D eigenvalue weighted by Crippen LogP contribution is 2.19. The van der Waals surface area contributed by atoms with Gasteiger partial charge in [0.25, 0.3) is 5.91 Å². The van der Waals surface area contributed by atoms with Crippen molar-refractivity contribution in [3.05, 3.63) is 90.0 Å². The van der Waals surface area contributed by atoms with Crippen LogP contribution in [-0.2, 0) is 11.3 Å². The largest absolute Gasteiger partial charge is 0.356 e. The van der Waals surface area contributed by atoms with Crippen molar-refractivity contribution >= 4 is 28.9 Å². The third-order valence-corrected chi connectivity index (χ3v) is 3.96. The van der Waals surface area contributed by atoms with Crippen LogP contribution in [0.5, 0.6) is 0 Å². The van der Waals surface area contributed by atoms with E-state index < -0.39 is 0 Å². The molecule has 3 rings (SSSR count). The molecule has 5 heteroatoms. The first-order valence-corrected chi connectivity index (χ1v) is 8.67. The van der Waals surface area contributed by atoms with Crippen molar-refractivity contribution in [2.24, 2.45) is 0 Å². The SMILES string of the molecule is CC(=O)NCc1ccc(C(=O)Nc2ccc(Nc3ccccc3)cc2)cc1. The molecule has 0 fully saturated rings. The number of hydrogen-bond acceptors (Lipinski definition) is 3. The molecule has 0 saturated heterocycles. The van der Waals surface area contributed by atoms with Crippen LogP contribution in [0.15, 0.2) is 78.9 Å². The lowest BCUT2D eigenvalue weighted by Crippen LogP contribution is -2.19. The van der Waals surface area contributed by atoms with Gasteiger partial charge in [-0.1, -0.05) is 30.3 Å². The van der Waals surface area contributed by atoms with Crippen LogP contribution in [0.2, 0.25) is 0 Å². The number of carbonyl (C=O) groups excluding carboxylic acids is 2. The summed E-state index contributed by atoms with van der Waals surface area (Å²) in [6.07, 6.45) is 0. The molecule has 3 aromatic carbocycles. The Labute approximate surface area is 158 Å². The topological polar surface area (TPSA) is 70.2 Å². The van der Waals surface area contributed by atoms with Crippen molar-refractivity contribution in [3.8, 4) is 0 Å². The monoisotopic (exact) mass is 359 g/mol. The van der Waals surface area contributed by atoms with Gasteiger partial charge in [0, 0.05) is 36.1 Å². The standard InChI is InChI=1S/C22H21N3O2/c1-16(26)23-15-17-7-9-18(10-8-17)22(27)25-21-13-11-20(12-14-21)24-19-5-3-2-4-6-19/h2-14,24H,15H2,1H3,(H,23,26)(H,25,27). The van der Waals surface area contributed by atoms with Crippen molar-refractivity contribution in [1.82, 2.24) is 5.32 Å². The summed E-state index contributed by atoms with van der Waals surface area (Å²) in [7, 11) is 0. The molecule has 0 aliphatic carbocycles. The molecule has 0 spiro atoms. The van der Waals surface area contributed by atoms with E-state index in [4.69, 9.17) is 0 Å². The van der Waals surface area contributed by atoms with E-state index in [1.54, 1.807) is 12.1 Å². The maximum Gasteiger partial charge on any atom is 0.255 e. The number of nitrogens with one attached hydrogen (secondary N) is 3. The molecule has 0 aliphatic heterocycles. The van der Waals surface area contributed by atoms with Crippen molar-refractivity contribution in [3.63, 3.8) is 0 Å². The number of hydrogen-bond donors (Lipinski definition) is 3. The molecule has 5 nitrogen and oxygen atoms in total. The zero-order valence-corrected chi connectivity index (χ0v) is 15.0. The molecule has 0 heterocycles. The van der Waals surface area contributed by atoms with Crippen molar-refractivity contribution in [1.29, 1.82) is 0 Å². The summed E-state index contributed by atoms with van der Waals surface area (Å²) < 4.78 is 0. The Bertz CT molecular complexity index is 905. The molecule has 3 N–H and O–H groups in total. The van der Waals surface area contributed by atoms with Crippen LogP contribution in [0.4, 0.5) is 17.1 Å². The normalized spacial score (nSPS) is 10.1. The highest BCUT2D eigenvalue weighted by atomic mass is 16.2. The molecule has 136 valence electrons. The molecular weight excluding hydrogens is 338 g/mol. The maximum atomic E-state index is 12.4. The Morgan fingerprint density at radius 3 is 1.96 bits per heavy atom. The van der Waals surface area contributed by atoms with Crippen molar-refractivity contribution in [2.75, 3.05) is 10.6 Å². The number of anilines is 3. The number of carbonyl (C=O) groups is 2. The minimum absolute atomic E-state index is 0.0815. The van der Waals surface area contributed by atoms with Gasteiger partial charge in [-0.2, -0.15) is 0 Å². The van der Waals surface area contributed by atoms with Gasteiger partial charge in [-0.25, -0.2) is 0 Å². The Morgan fingerprint density at radius 2 is 1.33 bits per heavy atom. The second kappa shape index (κ2) is 8.67. The van der Waals surface area contributed by atoms with Gasteiger partial charge >= 0.3 is 0 Å². The van der Waals surface area contributed by atoms with Gasteiger partial charge in [0.15, 0.2) is 0 Å². The van der Waals surface area contributed by atoms with E-state index in [0.717, 1.165) is 22.6 Å². The fraction of sp³-hybridized carbons (Fsp3) is 0.0909. The Kier molecular flexibility index (Phi) is 5.84. The zero-order valence-electron chi connectivity index (χ0n) is 15.0. The van der Waals surface area contributed by atoms with Crippen LogP contribution in [0.3, 0.4) is 0 Å². The van der Waals surface area contributed by atoms with Gasteiger partial charge in [-0.15, -0.1) is 0 Å². The number of benzene rings is 3. The summed E-state index contributed by atoms with van der Waals surface area (Å²) in [5.74, 6) is -0.258. The summed E-state index contributed by atoms with van der Waals surface area (Å²) in [5.41, 5.74) is 4.18. The quantitative estimate of drug-likeness (QED) is 0.614. The molecule has 0 atom stereocenters. The molecule has 0 unspecified atom stereocenters. The summed E-state index contributed by atoms with van der Waals surface area (Å²) in [4.78, 5) is 23.3. The van der Waals surface area contributed by atoms with Crippen LogP contribution < -0.4 is 16.0 Å². The van der Waals surface area contributed by atoms with Gasteiger partial charge in [-0.3, -0.25) is 9.59 Å². The Morgan fingerprint density at radius 1 is 0.741 bits per heavy atom. The maximum absolute atomic E-state index is 12.4. The molecule has 0 saturated carbocycles. The van der Waals surface area contributed by atoms with Crippen LogP contribution in [0.1, 0.15) is 22.8 Å². The van der Waals surface area contributed by atoms with Crippen molar-refractivity contribution in [2.45, 2.75) is 13.5 Å². The molecule has 27 heavy (non-hydrogen) atoms. The highest BCUT2D eigenvalue weighted by molar-refractivity contribution is 6.04. The lowest BCUT2D eigenvalue weighted by molar-refractivity contribution is -0.119. The number of rotatable bonds is 6. The smallest absolute Gasteiger partial charge is 0.255 e. The highest BCUT2D eigenvalue weighted by Gasteiger charge is 2.06. The van der Waals surface area contributed by atoms with E-state index in [1.165, 1.54) is 6.92 Å². The zero-order chi connectivity index (χ0) is 19.1. The number of para-hydroxylation sites is 1. The average molecular weight is 359 g/mol. The fourth-order valence-corrected chi connectivity index (χ4v) is 2.53. The predicted molar refractivity (Wildman–Crippen MR) is 108 cm³/mol. The minimum atomic E-state index is -0.176. The summed E-state index contributed by atoms with van der Waals surface area (Å²) in [5, 5.41) is 8.91. The predicted octanol–water partition coefficient (Wildman–Crippen LogP) is 4.32. The molecular formula is C22H21N3O2. The average Bonchev–Trinajstić information content (AvgIpc) is 2.69. The van der Waals surface area contributed by atoms with E-state index in [2.05, 4.69) is 16.0 Å². The Balaban J connectivity index is 1.58. The molecule has 0 aromatic heterocycles. The molecule has 0 bridgehead atoms. The summed E-state index contributed by atoms with van der Waals surface area (Å²) in [6, 6.07) is 24.6. The van der Waals surface area contributed by atoms with Gasteiger partial charge < -0.3 is 16.0 Å². The second-order valence-corrected chi connectivity index (χ2v) is 6.13. The molecule has 2 amide bonds. The third-order valence-electron chi connectivity index (χ3n) is 3.96. The van der Waals surface area contributed by atoms with Crippen LogP contribution in [0.25, 0.3) is 0 Å². The lowest BCUT2D eigenvalue weighted by atomic mass is 10.1. The molecule has 0 aliphatic rings. The van der Waals surface area contributed by atoms with E-state index in [1.807, 2.05) is 66.7 Å². The first-order chi connectivity index (χ1) is 13.1.